The van der Waals surface area contributed by atoms with Crippen LogP contribution in [0.25, 0.3) is 0 Å². The highest BCUT2D eigenvalue weighted by Crippen LogP contribution is 2.27. The number of aromatic nitrogens is 1. The lowest BCUT2D eigenvalue weighted by molar-refractivity contribution is -0.384. The van der Waals surface area contributed by atoms with Gasteiger partial charge in [0.05, 0.1) is 18.1 Å². The van der Waals surface area contributed by atoms with Crippen LogP contribution in [-0.2, 0) is 11.3 Å². The standard InChI is InChI=1S/C16H17FN4O3/c17-13-3-4-15(21(22)23)14(10-13)19-11-12-2-1-5-18-16(12)20-6-8-24-9-7-20/h1-5,10,19H,6-9,11H2. The molecule has 1 aromatic carbocycles. The van der Waals surface area contributed by atoms with Crippen molar-refractivity contribution in [1.29, 1.82) is 0 Å². The maximum Gasteiger partial charge on any atom is 0.292 e. The summed E-state index contributed by atoms with van der Waals surface area (Å²) in [5, 5.41) is 14.0. The summed E-state index contributed by atoms with van der Waals surface area (Å²) in [5.74, 6) is 0.287. The van der Waals surface area contributed by atoms with Gasteiger partial charge in [-0.3, -0.25) is 10.1 Å². The minimum atomic E-state index is -0.534. The molecule has 3 rings (SSSR count). The largest absolute Gasteiger partial charge is 0.378 e. The Morgan fingerprint density at radius 1 is 1.33 bits per heavy atom. The van der Waals surface area contributed by atoms with Gasteiger partial charge < -0.3 is 15.0 Å². The van der Waals surface area contributed by atoms with Gasteiger partial charge in [-0.05, 0) is 12.1 Å². The normalized spacial score (nSPS) is 14.5. The summed E-state index contributed by atoms with van der Waals surface area (Å²) in [6, 6.07) is 7.07. The lowest BCUT2D eigenvalue weighted by Gasteiger charge is -2.29. The zero-order valence-corrected chi connectivity index (χ0v) is 12.9. The molecule has 7 nitrogen and oxygen atoms in total. The quantitative estimate of drug-likeness (QED) is 0.669. The van der Waals surface area contributed by atoms with E-state index in [0.717, 1.165) is 42.7 Å². The molecule has 1 aliphatic heterocycles. The second kappa shape index (κ2) is 7.22. The molecule has 2 aromatic rings. The van der Waals surface area contributed by atoms with E-state index in [1.807, 2.05) is 6.07 Å². The summed E-state index contributed by atoms with van der Waals surface area (Å²) in [7, 11) is 0. The maximum atomic E-state index is 13.4. The number of nitro groups is 1. The average Bonchev–Trinajstić information content (AvgIpc) is 2.61. The number of anilines is 2. The molecule has 126 valence electrons. The molecule has 0 aliphatic carbocycles. The van der Waals surface area contributed by atoms with Crippen LogP contribution in [0.3, 0.4) is 0 Å². The van der Waals surface area contributed by atoms with Crippen molar-refractivity contribution in [3.8, 4) is 0 Å². The number of rotatable bonds is 5. The predicted octanol–water partition coefficient (Wildman–Crippen LogP) is 2.58. The Bertz CT molecular complexity index is 735. The van der Waals surface area contributed by atoms with Gasteiger partial charge in [0.2, 0.25) is 0 Å². The molecule has 1 N–H and O–H groups in total. The first-order valence-corrected chi connectivity index (χ1v) is 7.59. The van der Waals surface area contributed by atoms with Crippen LogP contribution in [0, 0.1) is 15.9 Å². The van der Waals surface area contributed by atoms with Crippen molar-refractivity contribution in [2.75, 3.05) is 36.5 Å². The van der Waals surface area contributed by atoms with Crippen molar-refractivity contribution in [3.05, 3.63) is 58.0 Å². The lowest BCUT2D eigenvalue weighted by Crippen LogP contribution is -2.37. The molecule has 8 heteroatoms. The number of benzene rings is 1. The van der Waals surface area contributed by atoms with E-state index in [2.05, 4.69) is 15.2 Å². The third-order valence-electron chi connectivity index (χ3n) is 3.80. The fourth-order valence-corrected chi connectivity index (χ4v) is 2.63. The Hall–Kier alpha value is -2.74. The number of nitro benzene ring substituents is 1. The van der Waals surface area contributed by atoms with Gasteiger partial charge >= 0.3 is 0 Å². The van der Waals surface area contributed by atoms with Crippen molar-refractivity contribution >= 4 is 17.2 Å². The van der Waals surface area contributed by atoms with Gasteiger partial charge in [0, 0.05) is 43.5 Å². The van der Waals surface area contributed by atoms with Crippen molar-refractivity contribution in [2.45, 2.75) is 6.54 Å². The SMILES string of the molecule is O=[N+]([O-])c1ccc(F)cc1NCc1cccnc1N1CCOCC1. The third-order valence-corrected chi connectivity index (χ3v) is 3.80. The Morgan fingerprint density at radius 2 is 2.12 bits per heavy atom. The average molecular weight is 332 g/mol. The molecule has 0 spiro atoms. The van der Waals surface area contributed by atoms with Gasteiger partial charge in [0.25, 0.3) is 5.69 Å². The Labute approximate surface area is 138 Å². The van der Waals surface area contributed by atoms with Crippen molar-refractivity contribution in [2.24, 2.45) is 0 Å². The molecule has 0 amide bonds. The fourth-order valence-electron chi connectivity index (χ4n) is 2.63. The summed E-state index contributed by atoms with van der Waals surface area (Å²) in [6.07, 6.45) is 1.71. The molecule has 0 atom stereocenters. The molecule has 1 aliphatic rings. The van der Waals surface area contributed by atoms with Gasteiger partial charge in [0.1, 0.15) is 17.3 Å². The van der Waals surface area contributed by atoms with Crippen LogP contribution in [0.4, 0.5) is 21.6 Å². The van der Waals surface area contributed by atoms with Gasteiger partial charge in [0.15, 0.2) is 0 Å². The number of pyridine rings is 1. The molecule has 0 saturated carbocycles. The number of hydrogen-bond acceptors (Lipinski definition) is 6. The van der Waals surface area contributed by atoms with Gasteiger partial charge in [-0.25, -0.2) is 9.37 Å². The molecule has 0 bridgehead atoms. The first kappa shape index (κ1) is 16.1. The lowest BCUT2D eigenvalue weighted by atomic mass is 10.2. The Balaban J connectivity index is 1.80. The number of nitrogens with one attached hydrogen (secondary N) is 1. The maximum absolute atomic E-state index is 13.4. The summed E-state index contributed by atoms with van der Waals surface area (Å²) in [5.41, 5.74) is 0.878. The number of hydrogen-bond donors (Lipinski definition) is 1. The van der Waals surface area contributed by atoms with Crippen LogP contribution >= 0.6 is 0 Å². The summed E-state index contributed by atoms with van der Waals surface area (Å²) in [6.45, 7) is 3.07. The summed E-state index contributed by atoms with van der Waals surface area (Å²) in [4.78, 5) is 17.1. The third kappa shape index (κ3) is 3.60. The second-order valence-corrected chi connectivity index (χ2v) is 5.36. The molecular weight excluding hydrogens is 315 g/mol. The smallest absolute Gasteiger partial charge is 0.292 e. The van der Waals surface area contributed by atoms with Crippen LogP contribution in [0.1, 0.15) is 5.56 Å². The molecule has 1 aromatic heterocycles. The van der Waals surface area contributed by atoms with Crippen molar-refractivity contribution in [1.82, 2.24) is 4.98 Å². The topological polar surface area (TPSA) is 80.5 Å². The first-order chi connectivity index (χ1) is 11.6. The van der Waals surface area contributed by atoms with E-state index in [9.17, 15) is 14.5 Å². The van der Waals surface area contributed by atoms with Crippen LogP contribution in [0.5, 0.6) is 0 Å². The fraction of sp³-hybridized carbons (Fsp3) is 0.312. The molecular formula is C16H17FN4O3. The van der Waals surface area contributed by atoms with Crippen LogP contribution in [0.2, 0.25) is 0 Å². The van der Waals surface area contributed by atoms with Gasteiger partial charge in [-0.1, -0.05) is 6.07 Å². The molecule has 0 unspecified atom stereocenters. The van der Waals surface area contributed by atoms with Crippen LogP contribution in [0.15, 0.2) is 36.5 Å². The van der Waals surface area contributed by atoms with E-state index in [0.29, 0.717) is 19.8 Å². The highest BCUT2D eigenvalue weighted by atomic mass is 19.1. The Morgan fingerprint density at radius 3 is 2.88 bits per heavy atom. The van der Waals surface area contributed by atoms with Gasteiger partial charge in [-0.15, -0.1) is 0 Å². The molecule has 1 fully saturated rings. The zero-order chi connectivity index (χ0) is 16.9. The molecule has 2 heterocycles. The number of ether oxygens (including phenoxy) is 1. The number of morpholine rings is 1. The summed E-state index contributed by atoms with van der Waals surface area (Å²) < 4.78 is 18.8. The molecule has 1 saturated heterocycles. The zero-order valence-electron chi connectivity index (χ0n) is 12.9. The van der Waals surface area contributed by atoms with Crippen molar-refractivity contribution in [3.63, 3.8) is 0 Å². The van der Waals surface area contributed by atoms with Crippen LogP contribution < -0.4 is 10.2 Å². The highest BCUT2D eigenvalue weighted by Gasteiger charge is 2.18. The van der Waals surface area contributed by atoms with E-state index < -0.39 is 10.7 Å². The first-order valence-electron chi connectivity index (χ1n) is 7.59. The van der Waals surface area contributed by atoms with E-state index in [1.54, 1.807) is 12.3 Å². The monoisotopic (exact) mass is 332 g/mol. The minimum Gasteiger partial charge on any atom is -0.378 e. The van der Waals surface area contributed by atoms with E-state index in [4.69, 9.17) is 4.74 Å². The van der Waals surface area contributed by atoms with E-state index in [-0.39, 0.29) is 11.4 Å². The van der Waals surface area contributed by atoms with Crippen LogP contribution in [-0.4, -0.2) is 36.2 Å². The highest BCUT2D eigenvalue weighted by molar-refractivity contribution is 5.62. The Kier molecular flexibility index (Phi) is 4.85. The van der Waals surface area contributed by atoms with E-state index >= 15 is 0 Å². The summed E-state index contributed by atoms with van der Waals surface area (Å²) >= 11 is 0. The number of halogens is 1. The second-order valence-electron chi connectivity index (χ2n) is 5.36. The number of nitrogens with zero attached hydrogens (tertiary/aromatic N) is 3. The van der Waals surface area contributed by atoms with E-state index in [1.165, 1.54) is 0 Å². The van der Waals surface area contributed by atoms with Crippen molar-refractivity contribution < 1.29 is 14.1 Å². The minimum absolute atomic E-state index is 0.150. The predicted molar refractivity (Wildman–Crippen MR) is 87.7 cm³/mol. The molecule has 24 heavy (non-hydrogen) atoms. The van der Waals surface area contributed by atoms with Gasteiger partial charge in [-0.2, -0.15) is 0 Å². The molecule has 0 radical (unpaired) electrons.